The van der Waals surface area contributed by atoms with E-state index in [0.29, 0.717) is 12.8 Å². The number of amidine groups is 1. The zero-order valence-electron chi connectivity index (χ0n) is 7.99. The first-order valence-electron chi connectivity index (χ1n) is 4.66. The maximum Gasteiger partial charge on any atom is 0.312 e. The summed E-state index contributed by atoms with van der Waals surface area (Å²) in [6.07, 6.45) is 4.32. The SMILES string of the molecule is NC(=O)NC1(/C(N)=N/O)CCCCC1. The molecular weight excluding hydrogens is 184 g/mol. The molecule has 0 atom stereocenters. The molecule has 14 heavy (non-hydrogen) atoms. The van der Waals surface area contributed by atoms with Gasteiger partial charge in [-0.1, -0.05) is 24.4 Å². The van der Waals surface area contributed by atoms with Gasteiger partial charge in [0.1, 0.15) is 5.54 Å². The van der Waals surface area contributed by atoms with E-state index in [0.717, 1.165) is 19.3 Å². The Morgan fingerprint density at radius 1 is 1.29 bits per heavy atom. The number of hydrogen-bond donors (Lipinski definition) is 4. The Balaban J connectivity index is 2.82. The third kappa shape index (κ3) is 2.07. The molecular formula is C8H16N4O2. The van der Waals surface area contributed by atoms with E-state index in [1.54, 1.807) is 0 Å². The van der Waals surface area contributed by atoms with Gasteiger partial charge >= 0.3 is 6.03 Å². The Bertz CT molecular complexity index is 246. The number of hydrogen-bond acceptors (Lipinski definition) is 3. The molecule has 1 rings (SSSR count). The van der Waals surface area contributed by atoms with Gasteiger partial charge in [0.15, 0.2) is 5.84 Å². The number of nitrogens with two attached hydrogens (primary N) is 2. The standard InChI is InChI=1S/C8H16N4O2/c9-6(12-14)8(11-7(10)13)4-2-1-3-5-8/h14H,1-5H2,(H2,9,12)(H3,10,11,13). The van der Waals surface area contributed by atoms with Crippen molar-refractivity contribution < 1.29 is 10.0 Å². The van der Waals surface area contributed by atoms with Crippen molar-refractivity contribution in [2.24, 2.45) is 16.6 Å². The van der Waals surface area contributed by atoms with E-state index in [1.807, 2.05) is 0 Å². The average Bonchev–Trinajstić information content (AvgIpc) is 2.17. The second-order valence-corrected chi connectivity index (χ2v) is 3.62. The molecule has 0 spiro atoms. The fraction of sp³-hybridized carbons (Fsp3) is 0.750. The fourth-order valence-corrected chi connectivity index (χ4v) is 1.93. The van der Waals surface area contributed by atoms with Crippen LogP contribution in [0.15, 0.2) is 5.16 Å². The minimum absolute atomic E-state index is 0.0380. The van der Waals surface area contributed by atoms with Crippen molar-refractivity contribution in [3.8, 4) is 0 Å². The van der Waals surface area contributed by atoms with Crippen LogP contribution in [0.5, 0.6) is 0 Å². The molecule has 0 radical (unpaired) electrons. The van der Waals surface area contributed by atoms with Crippen LogP contribution >= 0.6 is 0 Å². The molecule has 6 nitrogen and oxygen atoms in total. The fourth-order valence-electron chi connectivity index (χ4n) is 1.93. The summed E-state index contributed by atoms with van der Waals surface area (Å²) in [6, 6.07) is -0.640. The number of nitrogens with zero attached hydrogens (tertiary/aromatic N) is 1. The van der Waals surface area contributed by atoms with Crippen molar-refractivity contribution in [3.05, 3.63) is 0 Å². The van der Waals surface area contributed by atoms with Crippen LogP contribution in [0, 0.1) is 0 Å². The van der Waals surface area contributed by atoms with E-state index < -0.39 is 11.6 Å². The number of nitrogens with one attached hydrogen (secondary N) is 1. The van der Waals surface area contributed by atoms with Gasteiger partial charge in [-0.15, -0.1) is 0 Å². The third-order valence-electron chi connectivity index (χ3n) is 2.67. The molecule has 0 bridgehead atoms. The summed E-state index contributed by atoms with van der Waals surface area (Å²) >= 11 is 0. The highest BCUT2D eigenvalue weighted by Crippen LogP contribution is 2.28. The molecule has 1 aliphatic carbocycles. The number of rotatable bonds is 2. The first-order chi connectivity index (χ1) is 6.60. The monoisotopic (exact) mass is 200 g/mol. The highest BCUT2D eigenvalue weighted by Gasteiger charge is 2.37. The van der Waals surface area contributed by atoms with Gasteiger partial charge in [0.05, 0.1) is 0 Å². The smallest absolute Gasteiger partial charge is 0.312 e. The van der Waals surface area contributed by atoms with Gasteiger partial charge in [0, 0.05) is 0 Å². The Morgan fingerprint density at radius 3 is 2.29 bits per heavy atom. The van der Waals surface area contributed by atoms with E-state index in [2.05, 4.69) is 10.5 Å². The van der Waals surface area contributed by atoms with E-state index in [-0.39, 0.29) is 5.84 Å². The van der Waals surface area contributed by atoms with Crippen LogP contribution in [0.25, 0.3) is 0 Å². The van der Waals surface area contributed by atoms with Crippen LogP contribution in [0.4, 0.5) is 4.79 Å². The highest BCUT2D eigenvalue weighted by molar-refractivity contribution is 5.93. The number of amides is 2. The minimum Gasteiger partial charge on any atom is -0.409 e. The quantitative estimate of drug-likeness (QED) is 0.219. The van der Waals surface area contributed by atoms with Crippen molar-refractivity contribution in [1.29, 1.82) is 0 Å². The zero-order valence-corrected chi connectivity index (χ0v) is 7.99. The molecule has 0 aromatic carbocycles. The molecule has 6 N–H and O–H groups in total. The molecule has 1 fully saturated rings. The molecule has 1 aliphatic rings. The molecule has 2 amide bonds. The summed E-state index contributed by atoms with van der Waals surface area (Å²) in [6.45, 7) is 0. The number of carbonyl (C=O) groups is 1. The zero-order chi connectivity index (χ0) is 10.6. The summed E-state index contributed by atoms with van der Waals surface area (Å²) in [5.74, 6) is 0.0380. The molecule has 0 aromatic heterocycles. The summed E-state index contributed by atoms with van der Waals surface area (Å²) in [7, 11) is 0. The van der Waals surface area contributed by atoms with Gasteiger partial charge in [-0.3, -0.25) is 0 Å². The predicted molar refractivity (Wildman–Crippen MR) is 51.9 cm³/mol. The van der Waals surface area contributed by atoms with Gasteiger partial charge in [-0.25, -0.2) is 4.79 Å². The van der Waals surface area contributed by atoms with Crippen molar-refractivity contribution in [1.82, 2.24) is 5.32 Å². The average molecular weight is 200 g/mol. The van der Waals surface area contributed by atoms with Crippen molar-refractivity contribution >= 4 is 11.9 Å². The number of carbonyl (C=O) groups excluding carboxylic acids is 1. The molecule has 0 saturated heterocycles. The lowest BCUT2D eigenvalue weighted by molar-refractivity contribution is 0.230. The maximum atomic E-state index is 10.8. The Morgan fingerprint density at radius 2 is 1.86 bits per heavy atom. The molecule has 0 heterocycles. The summed E-state index contributed by atoms with van der Waals surface area (Å²) < 4.78 is 0. The maximum absolute atomic E-state index is 10.8. The van der Waals surface area contributed by atoms with Crippen LogP contribution in [0.3, 0.4) is 0 Å². The predicted octanol–water partition coefficient (Wildman–Crippen LogP) is 0.104. The number of urea groups is 1. The number of primary amides is 1. The van der Waals surface area contributed by atoms with E-state index >= 15 is 0 Å². The van der Waals surface area contributed by atoms with Gasteiger partial charge in [0.2, 0.25) is 0 Å². The lowest BCUT2D eigenvalue weighted by Gasteiger charge is -2.35. The van der Waals surface area contributed by atoms with E-state index in [4.69, 9.17) is 16.7 Å². The Hall–Kier alpha value is -1.46. The molecule has 80 valence electrons. The van der Waals surface area contributed by atoms with Crippen LogP contribution in [0.2, 0.25) is 0 Å². The lowest BCUT2D eigenvalue weighted by atomic mass is 9.81. The van der Waals surface area contributed by atoms with Gasteiger partial charge in [-0.05, 0) is 12.8 Å². The summed E-state index contributed by atoms with van der Waals surface area (Å²) in [5.41, 5.74) is 9.88. The van der Waals surface area contributed by atoms with Gasteiger partial charge in [0.25, 0.3) is 0 Å². The molecule has 0 aromatic rings. The van der Waals surface area contributed by atoms with Crippen molar-refractivity contribution in [3.63, 3.8) is 0 Å². The summed E-state index contributed by atoms with van der Waals surface area (Å²) in [4.78, 5) is 10.8. The normalized spacial score (nSPS) is 21.6. The van der Waals surface area contributed by atoms with Crippen LogP contribution in [-0.2, 0) is 0 Å². The molecule has 6 heteroatoms. The van der Waals surface area contributed by atoms with Gasteiger partial charge in [-0.2, -0.15) is 0 Å². The van der Waals surface area contributed by atoms with Crippen LogP contribution < -0.4 is 16.8 Å². The second kappa shape index (κ2) is 4.17. The summed E-state index contributed by atoms with van der Waals surface area (Å²) in [5, 5.41) is 14.2. The second-order valence-electron chi connectivity index (χ2n) is 3.62. The van der Waals surface area contributed by atoms with Crippen molar-refractivity contribution in [2.75, 3.05) is 0 Å². The molecule has 1 saturated carbocycles. The largest absolute Gasteiger partial charge is 0.409 e. The first kappa shape index (κ1) is 10.6. The van der Waals surface area contributed by atoms with Crippen LogP contribution in [-0.4, -0.2) is 22.6 Å². The van der Waals surface area contributed by atoms with Gasteiger partial charge < -0.3 is 22.0 Å². The van der Waals surface area contributed by atoms with E-state index in [1.165, 1.54) is 0 Å². The minimum atomic E-state index is -0.737. The Kier molecular flexibility index (Phi) is 3.16. The highest BCUT2D eigenvalue weighted by atomic mass is 16.4. The number of oxime groups is 1. The van der Waals surface area contributed by atoms with E-state index in [9.17, 15) is 4.79 Å². The Labute approximate surface area is 82.3 Å². The molecule has 0 aliphatic heterocycles. The molecule has 0 unspecified atom stereocenters. The first-order valence-corrected chi connectivity index (χ1v) is 4.66. The topological polar surface area (TPSA) is 114 Å². The van der Waals surface area contributed by atoms with Crippen LogP contribution in [0.1, 0.15) is 32.1 Å². The lowest BCUT2D eigenvalue weighted by Crippen LogP contribution is -2.59. The van der Waals surface area contributed by atoms with Crippen molar-refractivity contribution in [2.45, 2.75) is 37.6 Å². The third-order valence-corrected chi connectivity index (χ3v) is 2.67.